The molecule has 0 aromatic heterocycles. The molecule has 1 N–H and O–H groups in total. The van der Waals surface area contributed by atoms with Gasteiger partial charge >= 0.3 is 0 Å². The third-order valence-corrected chi connectivity index (χ3v) is 4.79. The molecule has 2 aliphatic rings. The van der Waals surface area contributed by atoms with Crippen LogP contribution >= 0.6 is 11.8 Å². The van der Waals surface area contributed by atoms with E-state index in [4.69, 9.17) is 0 Å². The zero-order valence-corrected chi connectivity index (χ0v) is 10.3. The Kier molecular flexibility index (Phi) is 3.57. The van der Waals surface area contributed by atoms with Crippen LogP contribution in [0.4, 0.5) is 0 Å². The number of carbonyl (C=O) groups excluding carboxylic acids is 1. The maximum atomic E-state index is 12.2. The minimum atomic E-state index is 0.209. The Morgan fingerprint density at radius 3 is 2.80 bits per heavy atom. The largest absolute Gasteiger partial charge is 0.342 e. The number of hydrogen-bond acceptors (Lipinski definition) is 3. The summed E-state index contributed by atoms with van der Waals surface area (Å²) in [4.78, 5) is 14.2. The lowest BCUT2D eigenvalue weighted by Crippen LogP contribution is -2.43. The molecule has 0 spiro atoms. The summed E-state index contributed by atoms with van der Waals surface area (Å²) in [6.07, 6.45) is 2.17. The van der Waals surface area contributed by atoms with Gasteiger partial charge in [-0.2, -0.15) is 11.8 Å². The van der Waals surface area contributed by atoms with Crippen molar-refractivity contribution in [2.45, 2.75) is 31.8 Å². The summed E-state index contributed by atoms with van der Waals surface area (Å²) in [5, 5.41) is 3.34. The lowest BCUT2D eigenvalue weighted by molar-refractivity contribution is -0.136. The van der Waals surface area contributed by atoms with Crippen LogP contribution in [-0.4, -0.2) is 48.0 Å². The Hall–Kier alpha value is -0.220. The van der Waals surface area contributed by atoms with Gasteiger partial charge in [-0.3, -0.25) is 4.79 Å². The standard InChI is InChI=1S/C11H20N2OS/c1-8-10(3-5-12-8)11(14)13(2)9-4-6-15-7-9/h8-10,12H,3-7H2,1-2H3. The second-order valence-electron chi connectivity index (χ2n) is 4.60. The highest BCUT2D eigenvalue weighted by Crippen LogP contribution is 2.25. The Morgan fingerprint density at radius 2 is 2.27 bits per heavy atom. The molecule has 86 valence electrons. The first-order chi connectivity index (χ1) is 7.20. The minimum absolute atomic E-state index is 0.209. The molecule has 3 nitrogen and oxygen atoms in total. The van der Waals surface area contributed by atoms with Crippen molar-refractivity contribution < 1.29 is 4.79 Å². The average molecular weight is 228 g/mol. The average Bonchev–Trinajstić information content (AvgIpc) is 2.85. The third kappa shape index (κ3) is 2.31. The molecular weight excluding hydrogens is 208 g/mol. The molecular formula is C11H20N2OS. The van der Waals surface area contributed by atoms with E-state index in [9.17, 15) is 4.79 Å². The zero-order valence-electron chi connectivity index (χ0n) is 9.53. The maximum Gasteiger partial charge on any atom is 0.227 e. The van der Waals surface area contributed by atoms with Gasteiger partial charge in [0.15, 0.2) is 0 Å². The van der Waals surface area contributed by atoms with Crippen LogP contribution in [-0.2, 0) is 4.79 Å². The topological polar surface area (TPSA) is 32.3 Å². The molecule has 2 rings (SSSR count). The highest BCUT2D eigenvalue weighted by Gasteiger charge is 2.34. The predicted octanol–water partition coefficient (Wildman–Crippen LogP) is 0.948. The number of carbonyl (C=O) groups is 1. The lowest BCUT2D eigenvalue weighted by Gasteiger charge is -2.28. The molecule has 2 fully saturated rings. The van der Waals surface area contributed by atoms with E-state index in [0.29, 0.717) is 18.0 Å². The van der Waals surface area contributed by atoms with E-state index in [0.717, 1.165) is 18.7 Å². The van der Waals surface area contributed by atoms with Gasteiger partial charge in [0.25, 0.3) is 0 Å². The fourth-order valence-corrected chi connectivity index (χ4v) is 3.73. The number of rotatable bonds is 2. The van der Waals surface area contributed by atoms with Gasteiger partial charge in [-0.05, 0) is 32.1 Å². The lowest BCUT2D eigenvalue weighted by atomic mass is 9.99. The summed E-state index contributed by atoms with van der Waals surface area (Å²) >= 11 is 1.96. The van der Waals surface area contributed by atoms with Crippen LogP contribution in [0.15, 0.2) is 0 Å². The molecule has 0 radical (unpaired) electrons. The molecule has 0 aromatic carbocycles. The first kappa shape index (κ1) is 11.3. The molecule has 0 aromatic rings. The fraction of sp³-hybridized carbons (Fsp3) is 0.909. The molecule has 0 bridgehead atoms. The SMILES string of the molecule is CC1NCCC1C(=O)N(C)C1CCSC1. The van der Waals surface area contributed by atoms with Crippen LogP contribution in [0.1, 0.15) is 19.8 Å². The van der Waals surface area contributed by atoms with Crippen molar-refractivity contribution in [3.05, 3.63) is 0 Å². The second-order valence-corrected chi connectivity index (χ2v) is 5.75. The maximum absolute atomic E-state index is 12.2. The minimum Gasteiger partial charge on any atom is -0.342 e. The van der Waals surface area contributed by atoms with E-state index in [-0.39, 0.29) is 5.92 Å². The highest BCUT2D eigenvalue weighted by atomic mass is 32.2. The van der Waals surface area contributed by atoms with Crippen LogP contribution in [0, 0.1) is 5.92 Å². The Labute approximate surface area is 96.0 Å². The van der Waals surface area contributed by atoms with Crippen molar-refractivity contribution in [2.24, 2.45) is 5.92 Å². The van der Waals surface area contributed by atoms with Gasteiger partial charge in [0.05, 0.1) is 5.92 Å². The van der Waals surface area contributed by atoms with Gasteiger partial charge in [-0.1, -0.05) is 0 Å². The summed E-state index contributed by atoms with van der Waals surface area (Å²) < 4.78 is 0. The number of nitrogens with zero attached hydrogens (tertiary/aromatic N) is 1. The van der Waals surface area contributed by atoms with Gasteiger partial charge in [0, 0.05) is 24.9 Å². The molecule has 15 heavy (non-hydrogen) atoms. The molecule has 4 heteroatoms. The van der Waals surface area contributed by atoms with Crippen molar-refractivity contribution in [3.8, 4) is 0 Å². The molecule has 3 unspecified atom stereocenters. The zero-order chi connectivity index (χ0) is 10.8. The van der Waals surface area contributed by atoms with Gasteiger partial charge in [0.1, 0.15) is 0 Å². The van der Waals surface area contributed by atoms with Gasteiger partial charge in [0.2, 0.25) is 5.91 Å². The van der Waals surface area contributed by atoms with Crippen LogP contribution in [0.5, 0.6) is 0 Å². The number of hydrogen-bond donors (Lipinski definition) is 1. The van der Waals surface area contributed by atoms with Crippen LogP contribution < -0.4 is 5.32 Å². The van der Waals surface area contributed by atoms with E-state index < -0.39 is 0 Å². The van der Waals surface area contributed by atoms with E-state index in [2.05, 4.69) is 12.2 Å². The summed E-state index contributed by atoms with van der Waals surface area (Å²) in [6.45, 7) is 3.11. The summed E-state index contributed by atoms with van der Waals surface area (Å²) in [7, 11) is 1.98. The summed E-state index contributed by atoms with van der Waals surface area (Å²) in [5.74, 6) is 2.89. The molecule has 3 atom stereocenters. The normalized spacial score (nSPS) is 35.7. The second kappa shape index (κ2) is 4.74. The van der Waals surface area contributed by atoms with Crippen LogP contribution in [0.25, 0.3) is 0 Å². The fourth-order valence-electron chi connectivity index (χ4n) is 2.47. The smallest absolute Gasteiger partial charge is 0.227 e. The van der Waals surface area contributed by atoms with Crippen LogP contribution in [0.2, 0.25) is 0 Å². The Morgan fingerprint density at radius 1 is 1.47 bits per heavy atom. The molecule has 1 amide bonds. The van der Waals surface area contributed by atoms with E-state index in [1.54, 1.807) is 0 Å². The number of nitrogens with one attached hydrogen (secondary N) is 1. The Balaban J connectivity index is 1.94. The number of thioether (sulfide) groups is 1. The monoisotopic (exact) mass is 228 g/mol. The predicted molar refractivity (Wildman–Crippen MR) is 64.1 cm³/mol. The van der Waals surface area contributed by atoms with Crippen molar-refractivity contribution in [3.63, 3.8) is 0 Å². The Bertz CT molecular complexity index is 241. The van der Waals surface area contributed by atoms with E-state index in [1.807, 2.05) is 23.7 Å². The van der Waals surface area contributed by atoms with Gasteiger partial charge < -0.3 is 10.2 Å². The first-order valence-corrected chi connectivity index (χ1v) is 6.93. The van der Waals surface area contributed by atoms with E-state index in [1.165, 1.54) is 12.2 Å². The summed E-state index contributed by atoms with van der Waals surface area (Å²) in [5.41, 5.74) is 0. The van der Waals surface area contributed by atoms with Crippen molar-refractivity contribution >= 4 is 17.7 Å². The van der Waals surface area contributed by atoms with Crippen molar-refractivity contribution in [1.29, 1.82) is 0 Å². The quantitative estimate of drug-likeness (QED) is 0.764. The highest BCUT2D eigenvalue weighted by molar-refractivity contribution is 7.99. The molecule has 0 aliphatic carbocycles. The van der Waals surface area contributed by atoms with Crippen molar-refractivity contribution in [2.75, 3.05) is 25.1 Å². The summed E-state index contributed by atoms with van der Waals surface area (Å²) in [6, 6.07) is 0.837. The third-order valence-electron chi connectivity index (χ3n) is 3.64. The van der Waals surface area contributed by atoms with Crippen LogP contribution in [0.3, 0.4) is 0 Å². The molecule has 0 saturated carbocycles. The van der Waals surface area contributed by atoms with Gasteiger partial charge in [-0.15, -0.1) is 0 Å². The van der Waals surface area contributed by atoms with Gasteiger partial charge in [-0.25, -0.2) is 0 Å². The molecule has 2 saturated heterocycles. The molecule has 2 heterocycles. The first-order valence-electron chi connectivity index (χ1n) is 5.78. The van der Waals surface area contributed by atoms with E-state index >= 15 is 0 Å². The number of amides is 1. The molecule has 2 aliphatic heterocycles. The van der Waals surface area contributed by atoms with Crippen molar-refractivity contribution in [1.82, 2.24) is 10.2 Å².